The maximum Gasteiger partial charge on any atom is 0.262 e. The zero-order valence-electron chi connectivity index (χ0n) is 16.6. The first-order valence-electron chi connectivity index (χ1n) is 9.42. The minimum atomic E-state index is -0.227. The van der Waals surface area contributed by atoms with E-state index in [1.807, 2.05) is 81.4 Å². The number of fused-ring (bicyclic) bond motifs is 1. The van der Waals surface area contributed by atoms with Crippen molar-refractivity contribution < 1.29 is 9.53 Å². The molecule has 0 unspecified atom stereocenters. The smallest absolute Gasteiger partial charge is 0.262 e. The first-order valence-corrected chi connectivity index (χ1v) is 9.42. The minimum Gasteiger partial charge on any atom is -0.483 e. The molecule has 0 saturated heterocycles. The van der Waals surface area contributed by atoms with E-state index in [0.29, 0.717) is 17.0 Å². The number of nitrogens with zero attached hydrogens (tertiary/aromatic N) is 3. The van der Waals surface area contributed by atoms with Crippen molar-refractivity contribution >= 4 is 22.6 Å². The van der Waals surface area contributed by atoms with Crippen LogP contribution < -0.4 is 10.1 Å². The van der Waals surface area contributed by atoms with Gasteiger partial charge in [-0.3, -0.25) is 4.79 Å². The van der Waals surface area contributed by atoms with Crippen LogP contribution in [-0.4, -0.2) is 27.5 Å². The highest BCUT2D eigenvalue weighted by Gasteiger charge is 2.09. The van der Waals surface area contributed by atoms with Gasteiger partial charge in [-0.15, -0.1) is 10.2 Å². The minimum absolute atomic E-state index is 0.0575. The van der Waals surface area contributed by atoms with Crippen LogP contribution in [-0.2, 0) is 4.79 Å². The average molecular weight is 386 g/mol. The van der Waals surface area contributed by atoms with Crippen LogP contribution in [0, 0.1) is 20.8 Å². The van der Waals surface area contributed by atoms with Crippen molar-refractivity contribution in [1.82, 2.24) is 15.0 Å². The second kappa shape index (κ2) is 7.75. The molecule has 6 nitrogen and oxygen atoms in total. The molecule has 1 amide bonds. The van der Waals surface area contributed by atoms with Crippen molar-refractivity contribution in [1.29, 1.82) is 0 Å². The number of carbonyl (C=O) groups is 1. The van der Waals surface area contributed by atoms with Crippen LogP contribution in [0.1, 0.15) is 16.7 Å². The summed E-state index contributed by atoms with van der Waals surface area (Å²) in [6.07, 6.45) is 0. The number of anilines is 1. The Hall–Kier alpha value is -3.67. The Morgan fingerprint density at radius 1 is 0.897 bits per heavy atom. The maximum atomic E-state index is 12.3. The number of ether oxygens (including phenoxy) is 1. The summed E-state index contributed by atoms with van der Waals surface area (Å²) >= 11 is 0. The Morgan fingerprint density at radius 2 is 1.62 bits per heavy atom. The molecule has 4 aromatic rings. The summed E-state index contributed by atoms with van der Waals surface area (Å²) in [5, 5.41) is 11.9. The Balaban J connectivity index is 1.45. The number of hydrogen-bond donors (Lipinski definition) is 1. The number of carbonyl (C=O) groups excluding carboxylic acids is 1. The number of nitrogens with one attached hydrogen (secondary N) is 1. The highest BCUT2D eigenvalue weighted by Crippen LogP contribution is 2.20. The van der Waals surface area contributed by atoms with Crippen LogP contribution in [0.4, 0.5) is 5.69 Å². The number of amides is 1. The summed E-state index contributed by atoms with van der Waals surface area (Å²) < 4.78 is 5.64. The van der Waals surface area contributed by atoms with Crippen LogP contribution >= 0.6 is 0 Å². The van der Waals surface area contributed by atoms with Gasteiger partial charge in [-0.2, -0.15) is 4.80 Å². The van der Waals surface area contributed by atoms with Gasteiger partial charge >= 0.3 is 0 Å². The van der Waals surface area contributed by atoms with Gasteiger partial charge in [0.1, 0.15) is 16.8 Å². The molecule has 0 aliphatic rings. The SMILES string of the molecule is Cc1ccc(-n2nc3ccc(NC(=O)COc4ccc(C)cc4C)cc3n2)cc1. The van der Waals surface area contributed by atoms with Crippen molar-refractivity contribution in [2.45, 2.75) is 20.8 Å². The summed E-state index contributed by atoms with van der Waals surface area (Å²) in [7, 11) is 0. The molecule has 0 fully saturated rings. The number of aromatic nitrogens is 3. The molecule has 146 valence electrons. The Kier molecular flexibility index (Phi) is 4.99. The lowest BCUT2D eigenvalue weighted by atomic mass is 10.1. The molecule has 1 N–H and O–H groups in total. The third-order valence-electron chi connectivity index (χ3n) is 4.62. The molecule has 0 radical (unpaired) electrons. The van der Waals surface area contributed by atoms with Gasteiger partial charge in [0, 0.05) is 5.69 Å². The number of benzene rings is 3. The lowest BCUT2D eigenvalue weighted by Crippen LogP contribution is -2.20. The van der Waals surface area contributed by atoms with Gasteiger partial charge in [0.2, 0.25) is 0 Å². The Labute approximate surface area is 169 Å². The zero-order valence-corrected chi connectivity index (χ0v) is 16.6. The molecule has 0 aliphatic heterocycles. The van der Waals surface area contributed by atoms with E-state index < -0.39 is 0 Å². The van der Waals surface area contributed by atoms with Crippen LogP contribution in [0.2, 0.25) is 0 Å². The molecule has 0 aliphatic carbocycles. The van der Waals surface area contributed by atoms with Crippen molar-refractivity contribution in [2.75, 3.05) is 11.9 Å². The molecule has 29 heavy (non-hydrogen) atoms. The average Bonchev–Trinajstić information content (AvgIpc) is 3.11. The second-order valence-electron chi connectivity index (χ2n) is 7.13. The highest BCUT2D eigenvalue weighted by molar-refractivity contribution is 5.93. The van der Waals surface area contributed by atoms with E-state index in [2.05, 4.69) is 15.5 Å². The fraction of sp³-hybridized carbons (Fsp3) is 0.174. The van der Waals surface area contributed by atoms with E-state index in [9.17, 15) is 4.79 Å². The lowest BCUT2D eigenvalue weighted by molar-refractivity contribution is -0.118. The quantitative estimate of drug-likeness (QED) is 0.553. The van der Waals surface area contributed by atoms with E-state index in [-0.39, 0.29) is 12.5 Å². The van der Waals surface area contributed by atoms with Crippen molar-refractivity contribution in [2.24, 2.45) is 0 Å². The molecule has 0 atom stereocenters. The summed E-state index contributed by atoms with van der Waals surface area (Å²) in [6, 6.07) is 19.3. The molecule has 0 bridgehead atoms. The third-order valence-corrected chi connectivity index (χ3v) is 4.62. The van der Waals surface area contributed by atoms with Crippen LogP contribution in [0.15, 0.2) is 60.7 Å². The highest BCUT2D eigenvalue weighted by atomic mass is 16.5. The summed E-state index contributed by atoms with van der Waals surface area (Å²) in [5.74, 6) is 0.484. The molecule has 0 saturated carbocycles. The van der Waals surface area contributed by atoms with Crippen molar-refractivity contribution in [3.8, 4) is 11.4 Å². The third kappa shape index (κ3) is 4.27. The Morgan fingerprint density at radius 3 is 2.38 bits per heavy atom. The predicted octanol–water partition coefficient (Wildman–Crippen LogP) is 4.36. The fourth-order valence-corrected chi connectivity index (χ4v) is 3.09. The van der Waals surface area contributed by atoms with Gasteiger partial charge in [-0.1, -0.05) is 35.4 Å². The molecular weight excluding hydrogens is 364 g/mol. The van der Waals surface area contributed by atoms with E-state index >= 15 is 0 Å². The monoisotopic (exact) mass is 386 g/mol. The standard InChI is InChI=1S/C23H22N4O2/c1-15-4-8-19(9-5-15)27-25-20-10-7-18(13-21(20)26-27)24-23(28)14-29-22-11-6-16(2)12-17(22)3/h4-13H,14H2,1-3H3,(H,24,28). The van der Waals surface area contributed by atoms with Crippen LogP contribution in [0.3, 0.4) is 0 Å². The first-order chi connectivity index (χ1) is 14.0. The summed E-state index contributed by atoms with van der Waals surface area (Å²) in [6.45, 7) is 5.97. The Bertz CT molecular complexity index is 1180. The first kappa shape index (κ1) is 18.7. The van der Waals surface area contributed by atoms with Crippen molar-refractivity contribution in [3.05, 3.63) is 77.4 Å². The topological polar surface area (TPSA) is 69.0 Å². The van der Waals surface area contributed by atoms with Gasteiger partial charge in [-0.25, -0.2) is 0 Å². The molecule has 3 aromatic carbocycles. The van der Waals surface area contributed by atoms with Crippen LogP contribution in [0.5, 0.6) is 5.75 Å². The van der Waals surface area contributed by atoms with Crippen LogP contribution in [0.25, 0.3) is 16.7 Å². The van der Waals surface area contributed by atoms with Gasteiger partial charge < -0.3 is 10.1 Å². The van der Waals surface area contributed by atoms with E-state index in [1.165, 1.54) is 5.56 Å². The van der Waals surface area contributed by atoms with Gasteiger partial charge in [-0.05, 0) is 62.7 Å². The van der Waals surface area contributed by atoms with Gasteiger partial charge in [0.15, 0.2) is 6.61 Å². The molecule has 4 rings (SSSR count). The summed E-state index contributed by atoms with van der Waals surface area (Å²) in [4.78, 5) is 13.9. The molecule has 6 heteroatoms. The van der Waals surface area contributed by atoms with E-state index in [4.69, 9.17) is 4.74 Å². The molecule has 0 spiro atoms. The lowest BCUT2D eigenvalue weighted by Gasteiger charge is -2.10. The predicted molar refractivity (Wildman–Crippen MR) is 114 cm³/mol. The van der Waals surface area contributed by atoms with Gasteiger partial charge in [0.05, 0.1) is 5.69 Å². The number of hydrogen-bond acceptors (Lipinski definition) is 4. The van der Waals surface area contributed by atoms with Crippen molar-refractivity contribution in [3.63, 3.8) is 0 Å². The second-order valence-corrected chi connectivity index (χ2v) is 7.13. The zero-order chi connectivity index (χ0) is 20.4. The maximum absolute atomic E-state index is 12.3. The molecule has 1 aromatic heterocycles. The number of aryl methyl sites for hydroxylation is 3. The van der Waals surface area contributed by atoms with E-state index in [1.54, 1.807) is 4.80 Å². The number of rotatable bonds is 5. The fourth-order valence-electron chi connectivity index (χ4n) is 3.09. The largest absolute Gasteiger partial charge is 0.483 e. The molecule has 1 heterocycles. The normalized spacial score (nSPS) is 10.9. The molecular formula is C23H22N4O2. The van der Waals surface area contributed by atoms with E-state index in [0.717, 1.165) is 22.3 Å². The summed E-state index contributed by atoms with van der Waals surface area (Å²) in [5.41, 5.74) is 6.35. The van der Waals surface area contributed by atoms with Gasteiger partial charge in [0.25, 0.3) is 5.91 Å².